The normalized spacial score (nSPS) is 12.1. The lowest BCUT2D eigenvalue weighted by molar-refractivity contribution is -0.117. The highest BCUT2D eigenvalue weighted by Crippen LogP contribution is 2.24. The molecule has 30 heavy (non-hydrogen) atoms. The molecular formula is C22H19ClN4O2S. The molecule has 0 radical (unpaired) electrons. The van der Waals surface area contributed by atoms with Crippen LogP contribution >= 0.6 is 22.9 Å². The van der Waals surface area contributed by atoms with E-state index in [0.717, 1.165) is 22.2 Å². The molecule has 2 aromatic carbocycles. The Morgan fingerprint density at radius 1 is 1.23 bits per heavy atom. The Morgan fingerprint density at radius 3 is 2.80 bits per heavy atom. The number of anilines is 1. The summed E-state index contributed by atoms with van der Waals surface area (Å²) in [6, 6.07) is 12.9. The molecule has 8 heteroatoms. The molecule has 0 saturated heterocycles. The van der Waals surface area contributed by atoms with Gasteiger partial charge in [-0.2, -0.15) is 0 Å². The summed E-state index contributed by atoms with van der Waals surface area (Å²) < 4.78 is 1.81. The van der Waals surface area contributed by atoms with E-state index in [4.69, 9.17) is 11.6 Å². The molecule has 4 aromatic rings. The molecule has 2 heterocycles. The van der Waals surface area contributed by atoms with E-state index in [1.54, 1.807) is 23.0 Å². The lowest BCUT2D eigenvalue weighted by Crippen LogP contribution is -2.20. The van der Waals surface area contributed by atoms with E-state index in [0.29, 0.717) is 16.7 Å². The van der Waals surface area contributed by atoms with Gasteiger partial charge in [-0.05, 0) is 42.3 Å². The first-order chi connectivity index (χ1) is 14.4. The van der Waals surface area contributed by atoms with Crippen molar-refractivity contribution in [2.75, 3.05) is 5.32 Å². The molecule has 0 bridgehead atoms. The molecule has 0 spiro atoms. The number of aryl methyl sites for hydroxylation is 1. The minimum absolute atomic E-state index is 0.0263. The third-order valence-electron chi connectivity index (χ3n) is 5.00. The summed E-state index contributed by atoms with van der Waals surface area (Å²) in [6.45, 7) is 1.83. The predicted octanol–water partition coefficient (Wildman–Crippen LogP) is 4.85. The number of carbonyl (C=O) groups is 2. The molecule has 0 fully saturated rings. The van der Waals surface area contributed by atoms with Gasteiger partial charge in [-0.3, -0.25) is 14.9 Å². The van der Waals surface area contributed by atoms with Crippen molar-refractivity contribution in [3.8, 4) is 0 Å². The Labute approximate surface area is 182 Å². The van der Waals surface area contributed by atoms with Crippen molar-refractivity contribution in [3.63, 3.8) is 0 Å². The van der Waals surface area contributed by atoms with Crippen molar-refractivity contribution >= 4 is 51.6 Å². The second-order valence-electron chi connectivity index (χ2n) is 7.06. The smallest absolute Gasteiger partial charge is 0.233 e. The van der Waals surface area contributed by atoms with Gasteiger partial charge in [-0.25, -0.2) is 9.97 Å². The van der Waals surface area contributed by atoms with E-state index in [2.05, 4.69) is 15.3 Å². The number of aromatic nitrogens is 3. The van der Waals surface area contributed by atoms with Gasteiger partial charge in [-0.15, -0.1) is 11.3 Å². The van der Waals surface area contributed by atoms with Crippen LogP contribution in [0.3, 0.4) is 0 Å². The van der Waals surface area contributed by atoms with Crippen LogP contribution in [0, 0.1) is 0 Å². The molecule has 152 valence electrons. The largest absolute Gasteiger partial charge is 0.313 e. The van der Waals surface area contributed by atoms with Gasteiger partial charge in [-0.1, -0.05) is 29.8 Å². The highest BCUT2D eigenvalue weighted by molar-refractivity contribution is 7.07. The van der Waals surface area contributed by atoms with Crippen LogP contribution in [-0.4, -0.2) is 26.2 Å². The number of halogens is 1. The monoisotopic (exact) mass is 438 g/mol. The molecule has 2 aromatic heterocycles. The average molecular weight is 439 g/mol. The Hall–Kier alpha value is -3.03. The lowest BCUT2D eigenvalue weighted by atomic mass is 10.0. The number of imidazole rings is 1. The SMILES string of the molecule is CC(C(=O)Nc1nc2ccc(CC(=O)c3cscn3)cc2n1C)c1cccc(Cl)c1. The number of rotatable bonds is 6. The zero-order valence-corrected chi connectivity index (χ0v) is 18.0. The fraction of sp³-hybridized carbons (Fsp3) is 0.182. The molecule has 6 nitrogen and oxygen atoms in total. The summed E-state index contributed by atoms with van der Waals surface area (Å²) >= 11 is 7.44. The van der Waals surface area contributed by atoms with Crippen LogP contribution in [0.15, 0.2) is 53.4 Å². The molecule has 0 aliphatic rings. The van der Waals surface area contributed by atoms with Crippen molar-refractivity contribution in [1.82, 2.24) is 14.5 Å². The van der Waals surface area contributed by atoms with Crippen LogP contribution in [0.1, 0.15) is 34.5 Å². The fourth-order valence-electron chi connectivity index (χ4n) is 3.23. The quantitative estimate of drug-likeness (QED) is 0.436. The van der Waals surface area contributed by atoms with Crippen molar-refractivity contribution in [3.05, 3.63) is 75.2 Å². The minimum Gasteiger partial charge on any atom is -0.313 e. The fourth-order valence-corrected chi connectivity index (χ4v) is 3.98. The summed E-state index contributed by atoms with van der Waals surface area (Å²) in [5.41, 5.74) is 5.41. The first-order valence-electron chi connectivity index (χ1n) is 9.35. The Balaban J connectivity index is 1.54. The number of fused-ring (bicyclic) bond motifs is 1. The van der Waals surface area contributed by atoms with Gasteiger partial charge in [0.2, 0.25) is 11.9 Å². The molecule has 1 atom stereocenters. The third-order valence-corrected chi connectivity index (χ3v) is 5.83. The minimum atomic E-state index is -0.380. The molecule has 1 N–H and O–H groups in total. The number of amides is 1. The van der Waals surface area contributed by atoms with Gasteiger partial charge in [0.1, 0.15) is 5.69 Å². The zero-order chi connectivity index (χ0) is 21.3. The maximum absolute atomic E-state index is 12.7. The summed E-state index contributed by atoms with van der Waals surface area (Å²) in [6.07, 6.45) is 0.262. The number of carbonyl (C=O) groups excluding carboxylic acids is 2. The van der Waals surface area contributed by atoms with Gasteiger partial charge in [0.25, 0.3) is 0 Å². The van der Waals surface area contributed by atoms with Gasteiger partial charge in [0.05, 0.1) is 22.5 Å². The molecule has 1 unspecified atom stereocenters. The first-order valence-corrected chi connectivity index (χ1v) is 10.7. The maximum Gasteiger partial charge on any atom is 0.233 e. The number of benzene rings is 2. The van der Waals surface area contributed by atoms with Crippen molar-refractivity contribution < 1.29 is 9.59 Å². The van der Waals surface area contributed by atoms with Crippen LogP contribution in [0.2, 0.25) is 5.02 Å². The van der Waals surface area contributed by atoms with Crippen LogP contribution in [-0.2, 0) is 18.3 Å². The number of nitrogens with one attached hydrogen (secondary N) is 1. The second kappa shape index (κ2) is 8.38. The number of ketones is 1. The van der Waals surface area contributed by atoms with E-state index in [1.165, 1.54) is 11.3 Å². The highest BCUT2D eigenvalue weighted by Gasteiger charge is 2.19. The maximum atomic E-state index is 12.7. The standard InChI is InChI=1S/C22H19ClN4O2S/c1-13(15-4-3-5-16(23)10-15)21(29)26-22-25-17-7-6-14(8-19(17)27(22)2)9-20(28)18-11-30-12-24-18/h3-8,10-13H,9H2,1-2H3,(H,25,26,29). The second-order valence-corrected chi connectivity index (χ2v) is 8.21. The van der Waals surface area contributed by atoms with Crippen LogP contribution in [0.5, 0.6) is 0 Å². The molecular weight excluding hydrogens is 420 g/mol. The summed E-state index contributed by atoms with van der Waals surface area (Å²) in [7, 11) is 1.83. The van der Waals surface area contributed by atoms with E-state index < -0.39 is 0 Å². The number of nitrogens with zero attached hydrogens (tertiary/aromatic N) is 3. The molecule has 1 amide bonds. The lowest BCUT2D eigenvalue weighted by Gasteiger charge is -2.12. The average Bonchev–Trinajstić information content (AvgIpc) is 3.37. The van der Waals surface area contributed by atoms with E-state index in [1.807, 2.05) is 48.9 Å². The third kappa shape index (κ3) is 4.13. The van der Waals surface area contributed by atoms with Gasteiger partial charge in [0.15, 0.2) is 5.78 Å². The number of hydrogen-bond acceptors (Lipinski definition) is 5. The first kappa shape index (κ1) is 20.3. The number of Topliss-reactive ketones (excluding diaryl/α,β-unsaturated/α-hetero) is 1. The van der Waals surface area contributed by atoms with Gasteiger partial charge < -0.3 is 4.57 Å². The topological polar surface area (TPSA) is 76.9 Å². The summed E-state index contributed by atoms with van der Waals surface area (Å²) in [4.78, 5) is 33.7. The van der Waals surface area contributed by atoms with Crippen molar-refractivity contribution in [1.29, 1.82) is 0 Å². The van der Waals surface area contributed by atoms with Gasteiger partial charge >= 0.3 is 0 Å². The predicted molar refractivity (Wildman–Crippen MR) is 119 cm³/mol. The molecule has 0 aliphatic heterocycles. The van der Waals surface area contributed by atoms with Crippen molar-refractivity contribution in [2.24, 2.45) is 7.05 Å². The van der Waals surface area contributed by atoms with Crippen molar-refractivity contribution in [2.45, 2.75) is 19.3 Å². The number of hydrogen-bond donors (Lipinski definition) is 1. The van der Waals surface area contributed by atoms with Crippen LogP contribution in [0.25, 0.3) is 11.0 Å². The van der Waals surface area contributed by atoms with Crippen LogP contribution in [0.4, 0.5) is 5.95 Å². The molecule has 0 aliphatic carbocycles. The molecule has 4 rings (SSSR count). The highest BCUT2D eigenvalue weighted by atomic mass is 35.5. The zero-order valence-electron chi connectivity index (χ0n) is 16.4. The van der Waals surface area contributed by atoms with E-state index in [9.17, 15) is 9.59 Å². The Bertz CT molecular complexity index is 1230. The molecule has 0 saturated carbocycles. The Morgan fingerprint density at radius 2 is 2.07 bits per heavy atom. The van der Waals surface area contributed by atoms with Gasteiger partial charge in [0, 0.05) is 23.9 Å². The summed E-state index contributed by atoms with van der Waals surface area (Å²) in [5.74, 6) is -0.127. The van der Waals surface area contributed by atoms with E-state index in [-0.39, 0.29) is 24.0 Å². The summed E-state index contributed by atoms with van der Waals surface area (Å²) in [5, 5.41) is 5.24. The Kier molecular flexibility index (Phi) is 5.65. The number of thiazole rings is 1. The van der Waals surface area contributed by atoms with E-state index >= 15 is 0 Å². The van der Waals surface area contributed by atoms with Crippen LogP contribution < -0.4 is 5.32 Å².